The van der Waals surface area contributed by atoms with Crippen molar-refractivity contribution in [1.29, 1.82) is 5.26 Å². The molecule has 33 heavy (non-hydrogen) atoms. The number of pyridine rings is 1. The summed E-state index contributed by atoms with van der Waals surface area (Å²) in [5, 5.41) is 12.8. The fourth-order valence-corrected chi connectivity index (χ4v) is 4.99. The molecular formula is C27H22N4OS. The van der Waals surface area contributed by atoms with Crippen molar-refractivity contribution in [3.05, 3.63) is 94.5 Å². The molecule has 0 aliphatic carbocycles. The predicted octanol–water partition coefficient (Wildman–Crippen LogP) is 5.92. The van der Waals surface area contributed by atoms with E-state index in [0.29, 0.717) is 0 Å². The number of aromatic nitrogens is 3. The number of fused-ring (bicyclic) bond motifs is 1. The molecule has 3 heterocycles. The Morgan fingerprint density at radius 2 is 1.82 bits per heavy atom. The van der Waals surface area contributed by atoms with Gasteiger partial charge < -0.3 is 4.57 Å². The molecule has 0 N–H and O–H groups in total. The second-order valence-electron chi connectivity index (χ2n) is 8.60. The van der Waals surface area contributed by atoms with Crippen molar-refractivity contribution in [1.82, 2.24) is 14.1 Å². The van der Waals surface area contributed by atoms with Crippen molar-refractivity contribution in [2.45, 2.75) is 19.3 Å². The molecule has 0 atom stereocenters. The molecule has 3 aromatic heterocycles. The topological polar surface area (TPSA) is 63.6 Å². The quantitative estimate of drug-likeness (QED) is 0.341. The van der Waals surface area contributed by atoms with Crippen molar-refractivity contribution in [2.24, 2.45) is 7.05 Å². The SMILES string of the molecule is Cn1cc(-c2cc(-c3csc4ccccc34)ccn2)n(-c2ccc(C(C)(C)C#N)cc2)c1=O. The van der Waals surface area contributed by atoms with Gasteiger partial charge in [0, 0.05) is 35.1 Å². The van der Waals surface area contributed by atoms with Gasteiger partial charge in [-0.25, -0.2) is 4.79 Å². The summed E-state index contributed by atoms with van der Waals surface area (Å²) in [6, 6.07) is 22.3. The molecule has 0 aliphatic heterocycles. The molecule has 0 spiro atoms. The van der Waals surface area contributed by atoms with E-state index >= 15 is 0 Å². The van der Waals surface area contributed by atoms with Gasteiger partial charge in [0.05, 0.1) is 28.6 Å². The lowest BCUT2D eigenvalue weighted by atomic mass is 9.86. The smallest absolute Gasteiger partial charge is 0.301 e. The molecule has 0 saturated heterocycles. The molecular weight excluding hydrogens is 428 g/mol. The molecule has 5 rings (SSSR count). The van der Waals surface area contributed by atoms with Crippen LogP contribution in [-0.2, 0) is 12.5 Å². The van der Waals surface area contributed by atoms with Crippen molar-refractivity contribution in [2.75, 3.05) is 0 Å². The van der Waals surface area contributed by atoms with Gasteiger partial charge in [-0.15, -0.1) is 11.3 Å². The van der Waals surface area contributed by atoms with Gasteiger partial charge in [0.2, 0.25) is 0 Å². The van der Waals surface area contributed by atoms with Gasteiger partial charge in [0.1, 0.15) is 0 Å². The first kappa shape index (κ1) is 20.9. The van der Waals surface area contributed by atoms with E-state index in [4.69, 9.17) is 0 Å². The van der Waals surface area contributed by atoms with E-state index in [-0.39, 0.29) is 5.69 Å². The van der Waals surface area contributed by atoms with Crippen LogP contribution in [0.1, 0.15) is 19.4 Å². The van der Waals surface area contributed by atoms with Crippen LogP contribution in [0.25, 0.3) is 38.3 Å². The van der Waals surface area contributed by atoms with Crippen molar-refractivity contribution in [3.8, 4) is 34.3 Å². The third-order valence-electron chi connectivity index (χ3n) is 5.99. The van der Waals surface area contributed by atoms with Crippen molar-refractivity contribution < 1.29 is 0 Å². The Morgan fingerprint density at radius 1 is 1.06 bits per heavy atom. The Kier molecular flexibility index (Phi) is 4.99. The van der Waals surface area contributed by atoms with Crippen LogP contribution < -0.4 is 5.69 Å². The minimum Gasteiger partial charge on any atom is -0.301 e. The van der Waals surface area contributed by atoms with Crippen LogP contribution in [0.3, 0.4) is 0 Å². The van der Waals surface area contributed by atoms with E-state index < -0.39 is 5.41 Å². The predicted molar refractivity (Wildman–Crippen MR) is 134 cm³/mol. The lowest BCUT2D eigenvalue weighted by Gasteiger charge is -2.16. The first-order chi connectivity index (χ1) is 15.9. The number of nitrogens with zero attached hydrogens (tertiary/aromatic N) is 4. The lowest BCUT2D eigenvalue weighted by molar-refractivity contribution is 0.686. The molecule has 162 valence electrons. The number of benzene rings is 2. The van der Waals surface area contributed by atoms with Crippen molar-refractivity contribution >= 4 is 21.4 Å². The maximum Gasteiger partial charge on any atom is 0.333 e. The Bertz CT molecular complexity index is 1580. The summed E-state index contributed by atoms with van der Waals surface area (Å²) < 4.78 is 4.47. The van der Waals surface area contributed by atoms with Crippen LogP contribution >= 0.6 is 11.3 Å². The zero-order valence-electron chi connectivity index (χ0n) is 18.6. The monoisotopic (exact) mass is 450 g/mol. The molecule has 0 bridgehead atoms. The second kappa shape index (κ2) is 7.88. The number of hydrogen-bond acceptors (Lipinski definition) is 4. The van der Waals surface area contributed by atoms with E-state index in [2.05, 4.69) is 28.6 Å². The van der Waals surface area contributed by atoms with Gasteiger partial charge in [-0.05, 0) is 60.7 Å². The highest BCUT2D eigenvalue weighted by Crippen LogP contribution is 2.35. The number of hydrogen-bond donors (Lipinski definition) is 0. The molecule has 5 aromatic rings. The summed E-state index contributed by atoms with van der Waals surface area (Å²) in [5.41, 5.74) is 4.56. The maximum absolute atomic E-state index is 13.0. The summed E-state index contributed by atoms with van der Waals surface area (Å²) in [6.07, 6.45) is 3.60. The molecule has 0 aliphatic rings. The number of rotatable bonds is 4. The molecule has 2 aromatic carbocycles. The number of thiophene rings is 1. The average molecular weight is 451 g/mol. The highest BCUT2D eigenvalue weighted by atomic mass is 32.1. The summed E-state index contributed by atoms with van der Waals surface area (Å²) in [4.78, 5) is 17.6. The van der Waals surface area contributed by atoms with Crippen molar-refractivity contribution in [3.63, 3.8) is 0 Å². The molecule has 0 saturated carbocycles. The Morgan fingerprint density at radius 3 is 2.58 bits per heavy atom. The van der Waals surface area contributed by atoms with Gasteiger partial charge >= 0.3 is 5.69 Å². The van der Waals surface area contributed by atoms with Gasteiger partial charge in [-0.1, -0.05) is 30.3 Å². The Balaban J connectivity index is 1.62. The van der Waals surface area contributed by atoms with E-state index in [0.717, 1.165) is 33.8 Å². The fraction of sp³-hybridized carbons (Fsp3) is 0.148. The average Bonchev–Trinajstić information content (AvgIpc) is 3.40. The van der Waals surface area contributed by atoms with Gasteiger partial charge in [-0.2, -0.15) is 5.26 Å². The number of nitriles is 1. The molecule has 0 fully saturated rings. The van der Waals surface area contributed by atoms with E-state index in [1.165, 1.54) is 10.1 Å². The highest BCUT2D eigenvalue weighted by molar-refractivity contribution is 7.17. The summed E-state index contributed by atoms with van der Waals surface area (Å²) in [5.74, 6) is 0. The zero-order chi connectivity index (χ0) is 23.2. The number of imidazole rings is 1. The van der Waals surface area contributed by atoms with Gasteiger partial charge in [-0.3, -0.25) is 9.55 Å². The van der Waals surface area contributed by atoms with Crippen LogP contribution in [-0.4, -0.2) is 14.1 Å². The summed E-state index contributed by atoms with van der Waals surface area (Å²) >= 11 is 1.72. The highest BCUT2D eigenvalue weighted by Gasteiger charge is 2.21. The first-order valence-electron chi connectivity index (χ1n) is 10.6. The van der Waals surface area contributed by atoms with Gasteiger partial charge in [0.15, 0.2) is 0 Å². The van der Waals surface area contributed by atoms with Crippen LogP contribution in [0.2, 0.25) is 0 Å². The minimum atomic E-state index is -0.595. The third-order valence-corrected chi connectivity index (χ3v) is 6.95. The molecule has 0 radical (unpaired) electrons. The molecule has 0 amide bonds. The Hall–Kier alpha value is -3.95. The van der Waals surface area contributed by atoms with Crippen LogP contribution in [0.15, 0.2) is 83.2 Å². The van der Waals surface area contributed by atoms with Gasteiger partial charge in [0.25, 0.3) is 0 Å². The van der Waals surface area contributed by atoms with E-state index in [1.54, 1.807) is 33.7 Å². The van der Waals surface area contributed by atoms with Crippen LogP contribution in [0, 0.1) is 11.3 Å². The van der Waals surface area contributed by atoms with Crippen LogP contribution in [0.5, 0.6) is 0 Å². The molecule has 5 nitrogen and oxygen atoms in total. The minimum absolute atomic E-state index is 0.148. The summed E-state index contributed by atoms with van der Waals surface area (Å²) in [7, 11) is 1.74. The van der Waals surface area contributed by atoms with E-state index in [9.17, 15) is 10.1 Å². The van der Waals surface area contributed by atoms with E-state index in [1.807, 2.05) is 68.6 Å². The zero-order valence-corrected chi connectivity index (χ0v) is 19.4. The maximum atomic E-state index is 13.0. The summed E-state index contributed by atoms with van der Waals surface area (Å²) in [6.45, 7) is 3.76. The van der Waals surface area contributed by atoms with Crippen LogP contribution in [0.4, 0.5) is 0 Å². The molecule has 0 unspecified atom stereocenters. The fourth-order valence-electron chi connectivity index (χ4n) is 4.02. The molecule has 6 heteroatoms. The second-order valence-corrected chi connectivity index (χ2v) is 9.51. The Labute approximate surface area is 195 Å². The lowest BCUT2D eigenvalue weighted by Crippen LogP contribution is -2.21. The number of aryl methyl sites for hydroxylation is 1. The standard InChI is InChI=1S/C27H22N4OS/c1-27(2,17-28)19-8-10-20(11-9-19)31-24(15-30(3)26(31)32)23-14-18(12-13-29-23)22-16-33-25-7-5-4-6-21(22)25/h4-16H,1-3H3. The normalized spacial score (nSPS) is 11.6. The largest absolute Gasteiger partial charge is 0.333 e. The third kappa shape index (κ3) is 3.57. The first-order valence-corrected chi connectivity index (χ1v) is 11.5.